The second-order valence-electron chi connectivity index (χ2n) is 4.29. The molecule has 1 aliphatic heterocycles. The molecule has 1 N–H and O–H groups in total. The summed E-state index contributed by atoms with van der Waals surface area (Å²) in [6, 6.07) is 0. The van der Waals surface area contributed by atoms with E-state index >= 15 is 0 Å². The Labute approximate surface area is 63.2 Å². The Morgan fingerprint density at radius 2 is 2.20 bits per heavy atom. The molecule has 1 nitrogen and oxygen atoms in total. The molecule has 1 spiro atoms. The molecule has 1 atom stereocenters. The first kappa shape index (κ1) is 6.66. The van der Waals surface area contributed by atoms with Gasteiger partial charge in [0, 0.05) is 6.54 Å². The van der Waals surface area contributed by atoms with Gasteiger partial charge in [-0.3, -0.25) is 0 Å². The van der Waals surface area contributed by atoms with Crippen LogP contribution in [-0.2, 0) is 0 Å². The molecular weight excluding hydrogens is 122 g/mol. The van der Waals surface area contributed by atoms with Crippen molar-refractivity contribution in [3.8, 4) is 0 Å². The van der Waals surface area contributed by atoms with Crippen molar-refractivity contribution in [2.75, 3.05) is 13.1 Å². The van der Waals surface area contributed by atoms with Crippen LogP contribution >= 0.6 is 0 Å². The third-order valence-electron chi connectivity index (χ3n) is 3.19. The van der Waals surface area contributed by atoms with E-state index in [1.807, 2.05) is 0 Å². The second-order valence-corrected chi connectivity index (χ2v) is 4.29. The number of hydrogen-bond donors (Lipinski definition) is 1. The number of nitrogens with one attached hydrogen (secondary N) is 1. The van der Waals surface area contributed by atoms with Gasteiger partial charge in [0.05, 0.1) is 0 Å². The Morgan fingerprint density at radius 1 is 1.40 bits per heavy atom. The highest BCUT2D eigenvalue weighted by Gasteiger charge is 2.39. The predicted molar refractivity (Wildman–Crippen MR) is 42.9 cm³/mol. The first-order valence-corrected chi connectivity index (χ1v) is 4.52. The molecule has 58 valence electrons. The summed E-state index contributed by atoms with van der Waals surface area (Å²) in [6.07, 6.45) is 5.95. The zero-order valence-corrected chi connectivity index (χ0v) is 6.82. The van der Waals surface area contributed by atoms with Crippen LogP contribution < -0.4 is 5.32 Å². The summed E-state index contributed by atoms with van der Waals surface area (Å²) in [5.41, 5.74) is 0.762. The lowest BCUT2D eigenvalue weighted by Gasteiger charge is -2.47. The van der Waals surface area contributed by atoms with Gasteiger partial charge in [-0.15, -0.1) is 0 Å². The fourth-order valence-electron chi connectivity index (χ4n) is 2.52. The Hall–Kier alpha value is -0.0400. The van der Waals surface area contributed by atoms with Gasteiger partial charge >= 0.3 is 0 Å². The first-order valence-electron chi connectivity index (χ1n) is 4.52. The van der Waals surface area contributed by atoms with Crippen LogP contribution in [0.4, 0.5) is 0 Å². The van der Waals surface area contributed by atoms with E-state index in [1.54, 1.807) is 0 Å². The van der Waals surface area contributed by atoms with Crippen LogP contribution in [0, 0.1) is 11.3 Å². The monoisotopic (exact) mass is 139 g/mol. The van der Waals surface area contributed by atoms with Gasteiger partial charge in [-0.25, -0.2) is 0 Å². The van der Waals surface area contributed by atoms with Gasteiger partial charge in [-0.1, -0.05) is 13.3 Å². The molecule has 0 amide bonds. The van der Waals surface area contributed by atoms with E-state index in [9.17, 15) is 0 Å². The average Bonchev–Trinajstić information content (AvgIpc) is 1.85. The van der Waals surface area contributed by atoms with Crippen LogP contribution in [0.5, 0.6) is 0 Å². The largest absolute Gasteiger partial charge is 0.316 e. The van der Waals surface area contributed by atoms with Crippen LogP contribution in [0.25, 0.3) is 0 Å². The summed E-state index contributed by atoms with van der Waals surface area (Å²) < 4.78 is 0. The molecule has 0 aromatic rings. The first-order chi connectivity index (χ1) is 4.81. The molecule has 10 heavy (non-hydrogen) atoms. The lowest BCUT2D eigenvalue weighted by Crippen LogP contribution is -2.47. The Bertz CT molecular complexity index is 127. The standard InChI is InChI=1S/C9H17N/c1-8-5-9(3-2-4-9)7-10-6-8/h8,10H,2-7H2,1H3. The van der Waals surface area contributed by atoms with Gasteiger partial charge in [-0.05, 0) is 37.1 Å². The fraction of sp³-hybridized carbons (Fsp3) is 1.00. The minimum Gasteiger partial charge on any atom is -0.316 e. The van der Waals surface area contributed by atoms with Crippen molar-refractivity contribution >= 4 is 0 Å². The van der Waals surface area contributed by atoms with E-state index in [0.29, 0.717) is 0 Å². The van der Waals surface area contributed by atoms with E-state index in [4.69, 9.17) is 0 Å². The highest BCUT2D eigenvalue weighted by Crippen LogP contribution is 2.46. The van der Waals surface area contributed by atoms with Crippen LogP contribution in [0.3, 0.4) is 0 Å². The smallest absolute Gasteiger partial charge is 0.000803 e. The van der Waals surface area contributed by atoms with Gasteiger partial charge in [-0.2, -0.15) is 0 Å². The van der Waals surface area contributed by atoms with E-state index in [2.05, 4.69) is 12.2 Å². The van der Waals surface area contributed by atoms with Gasteiger partial charge in [0.1, 0.15) is 0 Å². The summed E-state index contributed by atoms with van der Waals surface area (Å²) in [7, 11) is 0. The van der Waals surface area contributed by atoms with E-state index in [1.165, 1.54) is 38.8 Å². The predicted octanol–water partition coefficient (Wildman–Crippen LogP) is 1.79. The van der Waals surface area contributed by atoms with E-state index < -0.39 is 0 Å². The topological polar surface area (TPSA) is 12.0 Å². The van der Waals surface area contributed by atoms with Crippen molar-refractivity contribution in [1.29, 1.82) is 0 Å². The van der Waals surface area contributed by atoms with Crippen molar-refractivity contribution < 1.29 is 0 Å². The summed E-state index contributed by atoms with van der Waals surface area (Å²) in [6.45, 7) is 4.92. The molecule has 1 saturated carbocycles. The maximum Gasteiger partial charge on any atom is 0.000803 e. The third-order valence-corrected chi connectivity index (χ3v) is 3.19. The van der Waals surface area contributed by atoms with Crippen molar-refractivity contribution in [3.05, 3.63) is 0 Å². The minimum absolute atomic E-state index is 0.762. The van der Waals surface area contributed by atoms with Gasteiger partial charge in [0.2, 0.25) is 0 Å². The maximum atomic E-state index is 3.53. The Kier molecular flexibility index (Phi) is 1.48. The van der Waals surface area contributed by atoms with Crippen molar-refractivity contribution in [2.45, 2.75) is 32.6 Å². The van der Waals surface area contributed by atoms with Crippen molar-refractivity contribution in [3.63, 3.8) is 0 Å². The normalized spacial score (nSPS) is 37.5. The molecular formula is C9H17N. The van der Waals surface area contributed by atoms with Gasteiger partial charge in [0.25, 0.3) is 0 Å². The highest BCUT2D eigenvalue weighted by molar-refractivity contribution is 4.93. The molecule has 1 heterocycles. The van der Waals surface area contributed by atoms with Gasteiger partial charge in [0.15, 0.2) is 0 Å². The molecule has 2 aliphatic rings. The molecule has 0 bridgehead atoms. The Balaban J connectivity index is 1.96. The molecule has 1 aliphatic carbocycles. The van der Waals surface area contributed by atoms with Gasteiger partial charge < -0.3 is 5.32 Å². The molecule has 1 saturated heterocycles. The molecule has 0 aromatic carbocycles. The number of rotatable bonds is 0. The summed E-state index contributed by atoms with van der Waals surface area (Å²) >= 11 is 0. The zero-order valence-electron chi connectivity index (χ0n) is 6.82. The van der Waals surface area contributed by atoms with Crippen LogP contribution in [0.1, 0.15) is 32.6 Å². The van der Waals surface area contributed by atoms with E-state index in [0.717, 1.165) is 11.3 Å². The highest BCUT2D eigenvalue weighted by atomic mass is 14.9. The maximum absolute atomic E-state index is 3.53. The fourth-order valence-corrected chi connectivity index (χ4v) is 2.52. The summed E-state index contributed by atoms with van der Waals surface area (Å²) in [5.74, 6) is 0.925. The van der Waals surface area contributed by atoms with E-state index in [-0.39, 0.29) is 0 Å². The van der Waals surface area contributed by atoms with Crippen LogP contribution in [0.2, 0.25) is 0 Å². The molecule has 0 aromatic heterocycles. The SMILES string of the molecule is CC1CNCC2(CCC2)C1. The quantitative estimate of drug-likeness (QED) is 0.539. The molecule has 0 radical (unpaired) electrons. The van der Waals surface area contributed by atoms with Crippen molar-refractivity contribution in [2.24, 2.45) is 11.3 Å². The number of hydrogen-bond acceptors (Lipinski definition) is 1. The van der Waals surface area contributed by atoms with Crippen LogP contribution in [0.15, 0.2) is 0 Å². The molecule has 1 heteroatoms. The minimum atomic E-state index is 0.762. The molecule has 2 rings (SSSR count). The number of piperidine rings is 1. The summed E-state index contributed by atoms with van der Waals surface area (Å²) in [5, 5.41) is 3.53. The lowest BCUT2D eigenvalue weighted by atomic mass is 9.63. The summed E-state index contributed by atoms with van der Waals surface area (Å²) in [4.78, 5) is 0. The van der Waals surface area contributed by atoms with Crippen LogP contribution in [-0.4, -0.2) is 13.1 Å². The molecule has 1 unspecified atom stereocenters. The molecule has 2 fully saturated rings. The zero-order chi connectivity index (χ0) is 7.03. The lowest BCUT2D eigenvalue weighted by molar-refractivity contribution is 0.0678. The Morgan fingerprint density at radius 3 is 2.60 bits per heavy atom. The van der Waals surface area contributed by atoms with Crippen molar-refractivity contribution in [1.82, 2.24) is 5.32 Å². The average molecular weight is 139 g/mol. The second kappa shape index (κ2) is 2.23. The third kappa shape index (κ3) is 0.968.